The average Bonchev–Trinajstić information content (AvgIpc) is 2.97. The van der Waals surface area contributed by atoms with Gasteiger partial charge in [-0.15, -0.1) is 0 Å². The molecule has 210 valence electrons. The monoisotopic (exact) mass is 555 g/mol. The number of hydrogen-bond donors (Lipinski definition) is 3. The van der Waals surface area contributed by atoms with E-state index in [1.165, 1.54) is 13.3 Å². The standard InChI is InChI=1S/C30H29N5O6/c1-39-25-14-18(12-20-15-33-30(32)34-28(20)31)11-19(27(25)40-2)5-3-17-4-6-22-24(13-17)35(21-7-9-41-10-8-21)16-23(26(22)36)29(37)38/h4,6,11,13-16,21H,7-10,12H2,1-2H3,(H,37,38)(H4,31,32,33,34). The highest BCUT2D eigenvalue weighted by Crippen LogP contribution is 2.33. The number of anilines is 2. The van der Waals surface area contributed by atoms with Gasteiger partial charge in [-0.3, -0.25) is 4.79 Å². The Kier molecular flexibility index (Phi) is 7.76. The number of nitrogen functional groups attached to an aromatic ring is 2. The Morgan fingerprint density at radius 1 is 1.15 bits per heavy atom. The minimum absolute atomic E-state index is 0.000974. The molecule has 2 aromatic heterocycles. The van der Waals surface area contributed by atoms with Gasteiger partial charge in [0.1, 0.15) is 11.4 Å². The molecule has 11 nitrogen and oxygen atoms in total. The van der Waals surface area contributed by atoms with E-state index in [2.05, 4.69) is 21.8 Å². The van der Waals surface area contributed by atoms with E-state index in [1.54, 1.807) is 25.4 Å². The maximum absolute atomic E-state index is 13.0. The van der Waals surface area contributed by atoms with Gasteiger partial charge in [-0.25, -0.2) is 9.78 Å². The molecule has 0 unspecified atom stereocenters. The zero-order valence-electron chi connectivity index (χ0n) is 22.6. The summed E-state index contributed by atoms with van der Waals surface area (Å²) < 4.78 is 18.5. The Bertz CT molecular complexity index is 1770. The summed E-state index contributed by atoms with van der Waals surface area (Å²) in [6.07, 6.45) is 4.85. The number of nitrogens with zero attached hydrogens (tertiary/aromatic N) is 3. The number of rotatable bonds is 6. The maximum Gasteiger partial charge on any atom is 0.341 e. The summed E-state index contributed by atoms with van der Waals surface area (Å²) >= 11 is 0. The van der Waals surface area contributed by atoms with Gasteiger partial charge in [0.2, 0.25) is 11.4 Å². The second-order valence-corrected chi connectivity index (χ2v) is 9.60. The number of pyridine rings is 1. The van der Waals surface area contributed by atoms with E-state index >= 15 is 0 Å². The second-order valence-electron chi connectivity index (χ2n) is 9.60. The minimum atomic E-state index is -1.25. The number of fused-ring (bicyclic) bond motifs is 1. The smallest absolute Gasteiger partial charge is 0.341 e. The molecule has 0 amide bonds. The Morgan fingerprint density at radius 3 is 2.61 bits per heavy atom. The van der Waals surface area contributed by atoms with Crippen LogP contribution in [0.25, 0.3) is 10.9 Å². The topological polar surface area (TPSA) is 165 Å². The molecule has 4 aromatic rings. The Hall–Kier alpha value is -5.08. The number of hydrogen-bond acceptors (Lipinski definition) is 9. The minimum Gasteiger partial charge on any atom is -0.493 e. The van der Waals surface area contributed by atoms with Crippen molar-refractivity contribution >= 4 is 28.6 Å². The van der Waals surface area contributed by atoms with Crippen LogP contribution in [0.4, 0.5) is 11.8 Å². The number of aromatic nitrogens is 3. The normalized spacial score (nSPS) is 13.4. The molecular weight excluding hydrogens is 526 g/mol. The maximum atomic E-state index is 13.0. The predicted molar refractivity (Wildman–Crippen MR) is 153 cm³/mol. The van der Waals surface area contributed by atoms with Crippen molar-refractivity contribution < 1.29 is 24.1 Å². The van der Waals surface area contributed by atoms with Gasteiger partial charge in [0.25, 0.3) is 0 Å². The first kappa shape index (κ1) is 27.5. The summed E-state index contributed by atoms with van der Waals surface area (Å²) in [5.74, 6) is 6.44. The molecule has 0 spiro atoms. The third-order valence-electron chi connectivity index (χ3n) is 7.04. The zero-order valence-corrected chi connectivity index (χ0v) is 22.6. The number of carboxylic acids is 1. The molecule has 0 aliphatic carbocycles. The van der Waals surface area contributed by atoms with E-state index in [4.69, 9.17) is 25.7 Å². The van der Waals surface area contributed by atoms with Gasteiger partial charge < -0.3 is 35.4 Å². The van der Waals surface area contributed by atoms with Crippen molar-refractivity contribution in [3.63, 3.8) is 0 Å². The number of carbonyl (C=O) groups is 1. The van der Waals surface area contributed by atoms with Crippen LogP contribution in [0, 0.1) is 11.8 Å². The summed E-state index contributed by atoms with van der Waals surface area (Å²) in [5.41, 5.74) is 14.3. The molecule has 1 fully saturated rings. The van der Waals surface area contributed by atoms with Gasteiger partial charge in [0.15, 0.2) is 11.5 Å². The van der Waals surface area contributed by atoms with Crippen LogP contribution in [0.1, 0.15) is 51.5 Å². The predicted octanol–water partition coefficient (Wildman–Crippen LogP) is 3.01. The number of methoxy groups -OCH3 is 2. The molecular formula is C30H29N5O6. The molecule has 2 aromatic carbocycles. The van der Waals surface area contributed by atoms with Gasteiger partial charge in [-0.05, 0) is 48.7 Å². The van der Waals surface area contributed by atoms with Crippen molar-refractivity contribution in [1.82, 2.24) is 14.5 Å². The molecule has 0 atom stereocenters. The molecule has 1 aliphatic rings. The van der Waals surface area contributed by atoms with Crippen LogP contribution in [-0.4, -0.2) is 53.0 Å². The molecule has 5 rings (SSSR count). The Balaban J connectivity index is 1.59. The molecule has 1 saturated heterocycles. The second kappa shape index (κ2) is 11.6. The highest BCUT2D eigenvalue weighted by atomic mass is 16.5. The van der Waals surface area contributed by atoms with Crippen molar-refractivity contribution in [2.45, 2.75) is 25.3 Å². The van der Waals surface area contributed by atoms with Gasteiger partial charge in [-0.1, -0.05) is 11.8 Å². The molecule has 5 N–H and O–H groups in total. The first-order chi connectivity index (χ1) is 19.8. The summed E-state index contributed by atoms with van der Waals surface area (Å²) in [4.78, 5) is 32.8. The average molecular weight is 556 g/mol. The first-order valence-electron chi connectivity index (χ1n) is 12.9. The van der Waals surface area contributed by atoms with Crippen molar-refractivity contribution in [2.75, 3.05) is 38.9 Å². The van der Waals surface area contributed by atoms with E-state index in [9.17, 15) is 14.7 Å². The Labute approximate surface area is 235 Å². The lowest BCUT2D eigenvalue weighted by molar-refractivity contribution is 0.0681. The van der Waals surface area contributed by atoms with Gasteiger partial charge in [0, 0.05) is 54.6 Å². The van der Waals surface area contributed by atoms with Crippen LogP contribution in [-0.2, 0) is 11.2 Å². The lowest BCUT2D eigenvalue weighted by Gasteiger charge is -2.26. The lowest BCUT2D eigenvalue weighted by Crippen LogP contribution is -2.24. The highest BCUT2D eigenvalue weighted by Gasteiger charge is 2.21. The number of aromatic carboxylic acids is 1. The van der Waals surface area contributed by atoms with Crippen LogP contribution >= 0.6 is 0 Å². The molecule has 0 radical (unpaired) electrons. The van der Waals surface area contributed by atoms with Gasteiger partial charge >= 0.3 is 5.97 Å². The summed E-state index contributed by atoms with van der Waals surface area (Å²) in [5, 5.41) is 9.97. The summed E-state index contributed by atoms with van der Waals surface area (Å²) in [6.45, 7) is 1.12. The van der Waals surface area contributed by atoms with Crippen LogP contribution < -0.4 is 26.4 Å². The molecule has 0 saturated carbocycles. The fourth-order valence-electron chi connectivity index (χ4n) is 4.99. The molecule has 0 bridgehead atoms. The van der Waals surface area contributed by atoms with E-state index in [0.29, 0.717) is 71.6 Å². The highest BCUT2D eigenvalue weighted by molar-refractivity contribution is 5.93. The van der Waals surface area contributed by atoms with Crippen LogP contribution in [0.5, 0.6) is 11.5 Å². The lowest BCUT2D eigenvalue weighted by atomic mass is 10.0. The summed E-state index contributed by atoms with van der Waals surface area (Å²) in [6, 6.07) is 8.85. The van der Waals surface area contributed by atoms with Crippen LogP contribution in [0.3, 0.4) is 0 Å². The number of nitrogens with two attached hydrogens (primary N) is 2. The largest absolute Gasteiger partial charge is 0.493 e. The number of ether oxygens (including phenoxy) is 3. The van der Waals surface area contributed by atoms with E-state index in [1.807, 2.05) is 22.8 Å². The van der Waals surface area contributed by atoms with Crippen molar-refractivity contribution in [2.24, 2.45) is 0 Å². The van der Waals surface area contributed by atoms with Gasteiger partial charge in [-0.2, -0.15) is 4.98 Å². The number of carboxylic acid groups (broad SMARTS) is 1. The van der Waals surface area contributed by atoms with Crippen LogP contribution in [0.2, 0.25) is 0 Å². The quantitative estimate of drug-likeness (QED) is 0.301. The number of benzene rings is 2. The van der Waals surface area contributed by atoms with Crippen molar-refractivity contribution in [3.05, 3.63) is 80.8 Å². The molecule has 11 heteroatoms. The first-order valence-corrected chi connectivity index (χ1v) is 12.9. The van der Waals surface area contributed by atoms with Crippen LogP contribution in [0.15, 0.2) is 47.5 Å². The summed E-state index contributed by atoms with van der Waals surface area (Å²) in [7, 11) is 3.08. The van der Waals surface area contributed by atoms with Crippen molar-refractivity contribution in [3.8, 4) is 23.3 Å². The molecule has 1 aliphatic heterocycles. The molecule has 3 heterocycles. The van der Waals surface area contributed by atoms with E-state index in [0.717, 1.165) is 5.56 Å². The Morgan fingerprint density at radius 2 is 1.93 bits per heavy atom. The van der Waals surface area contributed by atoms with E-state index < -0.39 is 11.4 Å². The SMILES string of the molecule is COc1cc(Cc2cnc(N)nc2N)cc(C#Cc2ccc3c(=O)c(C(=O)O)cn(C4CCOCC4)c3c2)c1OC. The van der Waals surface area contributed by atoms with Crippen molar-refractivity contribution in [1.29, 1.82) is 0 Å². The zero-order chi connectivity index (χ0) is 29.1. The third-order valence-corrected chi connectivity index (χ3v) is 7.04. The van der Waals surface area contributed by atoms with E-state index in [-0.39, 0.29) is 23.4 Å². The third kappa shape index (κ3) is 5.64. The molecule has 41 heavy (non-hydrogen) atoms. The fraction of sp³-hybridized carbons (Fsp3) is 0.267. The van der Waals surface area contributed by atoms with Gasteiger partial charge in [0.05, 0.1) is 25.3 Å². The fourth-order valence-corrected chi connectivity index (χ4v) is 4.99.